The highest BCUT2D eigenvalue weighted by atomic mass is 16.6. The molecule has 2 rings (SSSR count). The molecule has 0 radical (unpaired) electrons. The minimum Gasteiger partial charge on any atom is -0.394 e. The van der Waals surface area contributed by atoms with Crippen LogP contribution in [-0.4, -0.2) is 72.5 Å². The number of likely N-dealkylation sites (N-methyl/N-ethyl adjacent to an activating group) is 1. The first-order chi connectivity index (χ1) is 10.5. The van der Waals surface area contributed by atoms with E-state index in [1.165, 1.54) is 6.07 Å². The van der Waals surface area contributed by atoms with Crippen LogP contribution in [0.15, 0.2) is 18.2 Å². The van der Waals surface area contributed by atoms with Gasteiger partial charge < -0.3 is 25.3 Å². The molecule has 1 saturated heterocycles. The molecule has 1 fully saturated rings. The molecule has 122 valence electrons. The summed E-state index contributed by atoms with van der Waals surface area (Å²) in [5.74, 6) is 0. The molecule has 1 aromatic rings. The van der Waals surface area contributed by atoms with Crippen molar-refractivity contribution in [1.29, 1.82) is 0 Å². The molecule has 22 heavy (non-hydrogen) atoms. The lowest BCUT2D eigenvalue weighted by Crippen LogP contribution is -2.44. The van der Waals surface area contributed by atoms with E-state index >= 15 is 0 Å². The van der Waals surface area contributed by atoms with Gasteiger partial charge in [-0.25, -0.2) is 0 Å². The summed E-state index contributed by atoms with van der Waals surface area (Å²) in [4.78, 5) is 15.1. The molecule has 1 heterocycles. The number of aliphatic hydroxyl groups excluding tert-OH is 2. The van der Waals surface area contributed by atoms with E-state index in [1.54, 1.807) is 12.1 Å². The molecule has 0 saturated carbocycles. The van der Waals surface area contributed by atoms with Crippen LogP contribution in [0.25, 0.3) is 0 Å². The van der Waals surface area contributed by atoms with Crippen molar-refractivity contribution in [1.82, 2.24) is 4.90 Å². The van der Waals surface area contributed by atoms with Crippen LogP contribution >= 0.6 is 0 Å². The molecule has 1 unspecified atom stereocenters. The van der Waals surface area contributed by atoms with Crippen molar-refractivity contribution in [3.8, 4) is 0 Å². The number of rotatable bonds is 6. The molecule has 8 nitrogen and oxygen atoms in total. The van der Waals surface area contributed by atoms with E-state index in [2.05, 4.69) is 10.2 Å². The normalized spacial score (nSPS) is 17.3. The van der Waals surface area contributed by atoms with Gasteiger partial charge in [0.1, 0.15) is 5.69 Å². The predicted molar refractivity (Wildman–Crippen MR) is 84.4 cm³/mol. The van der Waals surface area contributed by atoms with E-state index in [-0.39, 0.29) is 23.8 Å². The van der Waals surface area contributed by atoms with E-state index in [9.17, 15) is 15.2 Å². The van der Waals surface area contributed by atoms with Gasteiger partial charge in [-0.2, -0.15) is 0 Å². The fourth-order valence-corrected chi connectivity index (χ4v) is 2.39. The van der Waals surface area contributed by atoms with Gasteiger partial charge in [0, 0.05) is 44.5 Å². The van der Waals surface area contributed by atoms with Crippen LogP contribution in [0.4, 0.5) is 17.1 Å². The first kappa shape index (κ1) is 16.5. The summed E-state index contributed by atoms with van der Waals surface area (Å²) in [6, 6.07) is 4.96. The highest BCUT2D eigenvalue weighted by molar-refractivity contribution is 5.69. The Hall–Kier alpha value is -1.90. The standard InChI is InChI=1S/C14H22N4O4/c1-16-4-6-17(7-5-16)13-3-2-11(8-14(13)18(21)22)15-9-12(20)10-19/h2-3,8,12,15,19-20H,4-7,9-10H2,1H3. The average Bonchev–Trinajstić information content (AvgIpc) is 2.53. The Kier molecular flexibility index (Phi) is 5.53. The largest absolute Gasteiger partial charge is 0.394 e. The van der Waals surface area contributed by atoms with Crippen molar-refractivity contribution in [3.63, 3.8) is 0 Å². The number of hydrogen-bond acceptors (Lipinski definition) is 7. The lowest BCUT2D eigenvalue weighted by molar-refractivity contribution is -0.384. The Balaban J connectivity index is 2.15. The maximum atomic E-state index is 11.3. The molecular weight excluding hydrogens is 288 g/mol. The van der Waals surface area contributed by atoms with Gasteiger partial charge in [0.15, 0.2) is 0 Å². The van der Waals surface area contributed by atoms with Crippen molar-refractivity contribution in [2.45, 2.75) is 6.10 Å². The Morgan fingerprint density at radius 3 is 2.64 bits per heavy atom. The van der Waals surface area contributed by atoms with Gasteiger partial charge in [0.2, 0.25) is 0 Å². The van der Waals surface area contributed by atoms with Gasteiger partial charge in [-0.3, -0.25) is 10.1 Å². The molecule has 0 amide bonds. The highest BCUT2D eigenvalue weighted by Crippen LogP contribution is 2.31. The third-order valence-corrected chi connectivity index (χ3v) is 3.77. The molecule has 8 heteroatoms. The summed E-state index contributed by atoms with van der Waals surface area (Å²) in [6.45, 7) is 3.05. The van der Waals surface area contributed by atoms with Crippen molar-refractivity contribution in [2.24, 2.45) is 0 Å². The maximum Gasteiger partial charge on any atom is 0.294 e. The number of hydrogen-bond donors (Lipinski definition) is 3. The van der Waals surface area contributed by atoms with Gasteiger partial charge in [-0.15, -0.1) is 0 Å². The fraction of sp³-hybridized carbons (Fsp3) is 0.571. The van der Waals surface area contributed by atoms with E-state index in [0.29, 0.717) is 11.4 Å². The maximum absolute atomic E-state index is 11.3. The van der Waals surface area contributed by atoms with E-state index in [1.807, 2.05) is 11.9 Å². The number of benzene rings is 1. The molecular formula is C14H22N4O4. The van der Waals surface area contributed by atoms with Crippen LogP contribution in [0.5, 0.6) is 0 Å². The lowest BCUT2D eigenvalue weighted by Gasteiger charge is -2.33. The van der Waals surface area contributed by atoms with Crippen LogP contribution in [0.3, 0.4) is 0 Å². The molecule has 1 atom stereocenters. The predicted octanol–water partition coefficient (Wildman–Crippen LogP) is 0.112. The molecule has 1 aliphatic heterocycles. The smallest absolute Gasteiger partial charge is 0.294 e. The molecule has 1 aliphatic rings. The van der Waals surface area contributed by atoms with Crippen LogP contribution in [0.2, 0.25) is 0 Å². The van der Waals surface area contributed by atoms with Crippen LogP contribution < -0.4 is 10.2 Å². The fourth-order valence-electron chi connectivity index (χ4n) is 2.39. The van der Waals surface area contributed by atoms with Crippen molar-refractivity contribution in [2.75, 3.05) is 56.6 Å². The monoisotopic (exact) mass is 310 g/mol. The first-order valence-corrected chi connectivity index (χ1v) is 7.26. The molecule has 0 aromatic heterocycles. The lowest BCUT2D eigenvalue weighted by atomic mass is 10.2. The summed E-state index contributed by atoms with van der Waals surface area (Å²) >= 11 is 0. The SMILES string of the molecule is CN1CCN(c2ccc(NCC(O)CO)cc2[N+](=O)[O-])CC1. The molecule has 1 aromatic carbocycles. The number of anilines is 2. The third-order valence-electron chi connectivity index (χ3n) is 3.77. The Morgan fingerprint density at radius 2 is 2.05 bits per heavy atom. The van der Waals surface area contributed by atoms with E-state index < -0.39 is 6.10 Å². The summed E-state index contributed by atoms with van der Waals surface area (Å²) in [5, 5.41) is 32.3. The van der Waals surface area contributed by atoms with Gasteiger partial charge in [0.25, 0.3) is 5.69 Å². The van der Waals surface area contributed by atoms with E-state index in [0.717, 1.165) is 26.2 Å². The summed E-state index contributed by atoms with van der Waals surface area (Å²) in [7, 11) is 2.03. The number of nitro benzene ring substituents is 1. The average molecular weight is 310 g/mol. The zero-order chi connectivity index (χ0) is 16.1. The second kappa shape index (κ2) is 7.39. The number of aliphatic hydroxyl groups is 2. The minimum atomic E-state index is -0.892. The summed E-state index contributed by atoms with van der Waals surface area (Å²) < 4.78 is 0. The highest BCUT2D eigenvalue weighted by Gasteiger charge is 2.23. The molecule has 0 aliphatic carbocycles. The van der Waals surface area contributed by atoms with Crippen LogP contribution in [-0.2, 0) is 0 Å². The number of nitro groups is 1. The van der Waals surface area contributed by atoms with Crippen LogP contribution in [0, 0.1) is 10.1 Å². The molecule has 3 N–H and O–H groups in total. The Labute approximate surface area is 129 Å². The first-order valence-electron chi connectivity index (χ1n) is 7.26. The second-order valence-corrected chi connectivity index (χ2v) is 5.47. The van der Waals surface area contributed by atoms with Crippen molar-refractivity contribution in [3.05, 3.63) is 28.3 Å². The quantitative estimate of drug-likeness (QED) is 0.506. The van der Waals surface area contributed by atoms with Gasteiger partial charge in [-0.1, -0.05) is 0 Å². The summed E-state index contributed by atoms with van der Waals surface area (Å²) in [6.07, 6.45) is -0.892. The zero-order valence-corrected chi connectivity index (χ0v) is 12.6. The van der Waals surface area contributed by atoms with E-state index in [4.69, 9.17) is 5.11 Å². The Bertz CT molecular complexity index is 518. The second-order valence-electron chi connectivity index (χ2n) is 5.47. The third kappa shape index (κ3) is 4.06. The van der Waals surface area contributed by atoms with Crippen LogP contribution in [0.1, 0.15) is 0 Å². The van der Waals surface area contributed by atoms with Gasteiger partial charge in [0.05, 0.1) is 17.6 Å². The summed E-state index contributed by atoms with van der Waals surface area (Å²) in [5.41, 5.74) is 1.22. The number of piperazine rings is 1. The zero-order valence-electron chi connectivity index (χ0n) is 12.6. The van der Waals surface area contributed by atoms with Gasteiger partial charge >= 0.3 is 0 Å². The van der Waals surface area contributed by atoms with Gasteiger partial charge in [-0.05, 0) is 19.2 Å². The minimum absolute atomic E-state index is 0.0491. The number of nitrogens with zero attached hydrogens (tertiary/aromatic N) is 3. The van der Waals surface area contributed by atoms with Crippen molar-refractivity contribution >= 4 is 17.1 Å². The Morgan fingerprint density at radius 1 is 1.36 bits per heavy atom. The topological polar surface area (TPSA) is 102 Å². The number of nitrogens with one attached hydrogen (secondary N) is 1. The van der Waals surface area contributed by atoms with Crippen molar-refractivity contribution < 1.29 is 15.1 Å². The molecule has 0 spiro atoms. The molecule has 0 bridgehead atoms.